The highest BCUT2D eigenvalue weighted by Crippen LogP contribution is 2.17. The van der Waals surface area contributed by atoms with Gasteiger partial charge < -0.3 is 14.5 Å². The summed E-state index contributed by atoms with van der Waals surface area (Å²) in [5.41, 5.74) is 1.12. The molecule has 9 heteroatoms. The molecular formula is C18H22N8O. The molecule has 2 aliphatic heterocycles. The van der Waals surface area contributed by atoms with E-state index in [-0.39, 0.29) is 5.91 Å². The molecule has 3 aromatic rings. The Morgan fingerprint density at radius 1 is 1.04 bits per heavy atom. The largest absolute Gasteiger partial charge is 0.334 e. The number of carbonyl (C=O) groups is 1. The van der Waals surface area contributed by atoms with E-state index in [1.165, 1.54) is 6.42 Å². The smallest absolute Gasteiger partial charge is 0.275 e. The fourth-order valence-electron chi connectivity index (χ4n) is 3.86. The van der Waals surface area contributed by atoms with Gasteiger partial charge in [0.15, 0.2) is 5.82 Å². The Labute approximate surface area is 156 Å². The number of carbonyl (C=O) groups excluding carboxylic acids is 1. The van der Waals surface area contributed by atoms with Gasteiger partial charge in [-0.2, -0.15) is 5.10 Å². The number of imidazole rings is 1. The van der Waals surface area contributed by atoms with Crippen LogP contribution in [0, 0.1) is 0 Å². The van der Waals surface area contributed by atoms with Gasteiger partial charge in [-0.25, -0.2) is 4.98 Å². The molecule has 0 unspecified atom stereocenters. The third kappa shape index (κ3) is 3.13. The zero-order chi connectivity index (χ0) is 18.2. The van der Waals surface area contributed by atoms with Crippen LogP contribution in [0.5, 0.6) is 0 Å². The van der Waals surface area contributed by atoms with E-state index in [2.05, 4.69) is 34.7 Å². The topological polar surface area (TPSA) is 95.5 Å². The molecule has 0 aliphatic carbocycles. The monoisotopic (exact) mass is 366 g/mol. The maximum absolute atomic E-state index is 12.5. The second-order valence-electron chi connectivity index (χ2n) is 7.21. The van der Waals surface area contributed by atoms with Crippen molar-refractivity contribution in [3.8, 4) is 0 Å². The summed E-state index contributed by atoms with van der Waals surface area (Å²) in [7, 11) is 0. The molecule has 0 fully saturated rings. The molecule has 0 saturated carbocycles. The van der Waals surface area contributed by atoms with Crippen molar-refractivity contribution in [3.63, 3.8) is 0 Å². The van der Waals surface area contributed by atoms with Gasteiger partial charge in [-0.3, -0.25) is 9.48 Å². The average molecular weight is 366 g/mol. The first-order valence-corrected chi connectivity index (χ1v) is 9.57. The van der Waals surface area contributed by atoms with Crippen LogP contribution >= 0.6 is 0 Å². The molecule has 0 saturated heterocycles. The maximum Gasteiger partial charge on any atom is 0.275 e. The van der Waals surface area contributed by atoms with E-state index in [0.29, 0.717) is 17.9 Å². The predicted octanol–water partition coefficient (Wildman–Crippen LogP) is 1.64. The lowest BCUT2D eigenvalue weighted by molar-refractivity contribution is 0.102. The number of nitrogens with zero attached hydrogens (tertiary/aromatic N) is 7. The number of hydrogen-bond donors (Lipinski definition) is 1. The van der Waals surface area contributed by atoms with E-state index in [1.54, 1.807) is 10.9 Å². The zero-order valence-electron chi connectivity index (χ0n) is 15.1. The van der Waals surface area contributed by atoms with Crippen LogP contribution < -0.4 is 5.32 Å². The fourth-order valence-corrected chi connectivity index (χ4v) is 3.86. The number of nitrogens with one attached hydrogen (secondary N) is 1. The Bertz CT molecular complexity index is 958. The Morgan fingerprint density at radius 2 is 1.89 bits per heavy atom. The second-order valence-corrected chi connectivity index (χ2v) is 7.21. The van der Waals surface area contributed by atoms with Crippen molar-refractivity contribution in [1.82, 2.24) is 34.1 Å². The third-order valence-corrected chi connectivity index (χ3v) is 5.27. The molecule has 5 heterocycles. The van der Waals surface area contributed by atoms with Crippen LogP contribution in [0.3, 0.4) is 0 Å². The summed E-state index contributed by atoms with van der Waals surface area (Å²) in [6.07, 6.45) is 11.9. The molecule has 1 N–H and O–H groups in total. The lowest BCUT2D eigenvalue weighted by Crippen LogP contribution is -2.15. The number of aromatic nitrogens is 7. The Hall–Kier alpha value is -2.97. The van der Waals surface area contributed by atoms with Gasteiger partial charge in [0, 0.05) is 38.3 Å². The summed E-state index contributed by atoms with van der Waals surface area (Å²) in [5.74, 6) is 2.77. The third-order valence-electron chi connectivity index (χ3n) is 5.27. The molecule has 140 valence electrons. The molecule has 0 bridgehead atoms. The van der Waals surface area contributed by atoms with E-state index in [1.807, 2.05) is 12.4 Å². The molecule has 0 atom stereocenters. The standard InChI is InChI=1S/C18H22N8O/c27-18(14-11-24-7-3-1-5-15(24)21-14)20-13-9-19-25(10-13)12-17-23-22-16-6-2-4-8-26(16)17/h9-11H,1-8,12H2,(H,20,27). The molecule has 0 spiro atoms. The lowest BCUT2D eigenvalue weighted by Gasteiger charge is -2.14. The fraction of sp³-hybridized carbons (Fsp3) is 0.500. The van der Waals surface area contributed by atoms with Gasteiger partial charge in [-0.05, 0) is 25.7 Å². The zero-order valence-corrected chi connectivity index (χ0v) is 15.1. The first kappa shape index (κ1) is 16.2. The van der Waals surface area contributed by atoms with Gasteiger partial charge in [0.2, 0.25) is 0 Å². The van der Waals surface area contributed by atoms with Crippen LogP contribution in [0.1, 0.15) is 53.6 Å². The Kier molecular flexibility index (Phi) is 3.99. The van der Waals surface area contributed by atoms with Crippen LogP contribution in [-0.4, -0.2) is 40.0 Å². The molecule has 0 radical (unpaired) electrons. The number of amides is 1. The number of rotatable bonds is 4. The van der Waals surface area contributed by atoms with Crippen LogP contribution in [0.25, 0.3) is 0 Å². The number of fused-ring (bicyclic) bond motifs is 2. The molecule has 9 nitrogen and oxygen atoms in total. The molecule has 3 aromatic heterocycles. The quantitative estimate of drug-likeness (QED) is 0.757. The van der Waals surface area contributed by atoms with E-state index >= 15 is 0 Å². The van der Waals surface area contributed by atoms with Gasteiger partial charge in [-0.1, -0.05) is 0 Å². The highest BCUT2D eigenvalue weighted by atomic mass is 16.1. The number of anilines is 1. The molecule has 2 aliphatic rings. The second kappa shape index (κ2) is 6.64. The van der Waals surface area contributed by atoms with Crippen molar-refractivity contribution in [2.24, 2.45) is 0 Å². The summed E-state index contributed by atoms with van der Waals surface area (Å²) in [5, 5.41) is 15.8. The normalized spacial score (nSPS) is 16.0. The summed E-state index contributed by atoms with van der Waals surface area (Å²) in [6.45, 7) is 2.45. The van der Waals surface area contributed by atoms with Gasteiger partial charge in [0.1, 0.15) is 23.9 Å². The van der Waals surface area contributed by atoms with Crippen LogP contribution in [-0.2, 0) is 32.5 Å². The van der Waals surface area contributed by atoms with Gasteiger partial charge in [-0.15, -0.1) is 10.2 Å². The van der Waals surface area contributed by atoms with Crippen molar-refractivity contribution < 1.29 is 4.79 Å². The van der Waals surface area contributed by atoms with E-state index in [0.717, 1.165) is 62.7 Å². The Balaban J connectivity index is 1.27. The highest BCUT2D eigenvalue weighted by Gasteiger charge is 2.18. The number of hydrogen-bond acceptors (Lipinski definition) is 5. The first-order valence-electron chi connectivity index (χ1n) is 9.57. The molecule has 0 aromatic carbocycles. The van der Waals surface area contributed by atoms with E-state index in [9.17, 15) is 4.79 Å². The first-order chi connectivity index (χ1) is 13.3. The molecule has 27 heavy (non-hydrogen) atoms. The highest BCUT2D eigenvalue weighted by molar-refractivity contribution is 6.02. The predicted molar refractivity (Wildman–Crippen MR) is 97.4 cm³/mol. The summed E-state index contributed by atoms with van der Waals surface area (Å²) in [6, 6.07) is 0. The summed E-state index contributed by atoms with van der Waals surface area (Å²) in [4.78, 5) is 17.0. The van der Waals surface area contributed by atoms with E-state index in [4.69, 9.17) is 0 Å². The van der Waals surface area contributed by atoms with Crippen molar-refractivity contribution in [1.29, 1.82) is 0 Å². The van der Waals surface area contributed by atoms with Crippen LogP contribution in [0.4, 0.5) is 5.69 Å². The molecular weight excluding hydrogens is 344 g/mol. The van der Waals surface area contributed by atoms with Crippen molar-refractivity contribution in [2.75, 3.05) is 5.32 Å². The van der Waals surface area contributed by atoms with Gasteiger partial charge in [0.25, 0.3) is 5.91 Å². The summed E-state index contributed by atoms with van der Waals surface area (Å²) >= 11 is 0. The average Bonchev–Trinajstić information content (AvgIpc) is 3.41. The van der Waals surface area contributed by atoms with Gasteiger partial charge in [0.05, 0.1) is 11.9 Å². The van der Waals surface area contributed by atoms with E-state index < -0.39 is 0 Å². The molecule has 5 rings (SSSR count). The minimum atomic E-state index is -0.198. The van der Waals surface area contributed by atoms with Crippen molar-refractivity contribution in [3.05, 3.63) is 41.8 Å². The van der Waals surface area contributed by atoms with Gasteiger partial charge >= 0.3 is 0 Å². The summed E-state index contributed by atoms with van der Waals surface area (Å²) < 4.78 is 6.04. The maximum atomic E-state index is 12.5. The SMILES string of the molecule is O=C(Nc1cnn(Cc2nnc3n2CCCC3)c1)c1cn2c(n1)CCCC2. The number of aryl methyl sites for hydroxylation is 3. The lowest BCUT2D eigenvalue weighted by atomic mass is 10.2. The van der Waals surface area contributed by atoms with Crippen LogP contribution in [0.15, 0.2) is 18.6 Å². The van der Waals surface area contributed by atoms with Crippen molar-refractivity contribution >= 4 is 11.6 Å². The van der Waals surface area contributed by atoms with Crippen LogP contribution in [0.2, 0.25) is 0 Å². The Morgan fingerprint density at radius 3 is 2.78 bits per heavy atom. The van der Waals surface area contributed by atoms with Crippen molar-refractivity contribution in [2.45, 2.75) is 58.2 Å². The molecule has 1 amide bonds. The minimum Gasteiger partial charge on any atom is -0.334 e. The minimum absolute atomic E-state index is 0.198.